The summed E-state index contributed by atoms with van der Waals surface area (Å²) in [6.07, 6.45) is 0.465. The predicted octanol–water partition coefficient (Wildman–Crippen LogP) is -0.0475. The van der Waals surface area contributed by atoms with Gasteiger partial charge in [0.15, 0.2) is 5.69 Å². The molecule has 2 atom stereocenters. The maximum absolute atomic E-state index is 13.1. The quantitative estimate of drug-likeness (QED) is 0.578. The highest BCUT2D eigenvalue weighted by atomic mass is 19.1. The molecule has 0 saturated carbocycles. The van der Waals surface area contributed by atoms with Crippen LogP contribution in [0, 0.1) is 5.82 Å². The molecule has 186 valence electrons. The van der Waals surface area contributed by atoms with E-state index in [0.29, 0.717) is 18.4 Å². The molecule has 3 amide bonds. The minimum atomic E-state index is -1.30. The molecule has 1 aromatic heterocycles. The Hall–Kier alpha value is -3.80. The summed E-state index contributed by atoms with van der Waals surface area (Å²) in [5.41, 5.74) is -2.05. The van der Waals surface area contributed by atoms with Crippen LogP contribution in [0.3, 0.4) is 0 Å². The van der Waals surface area contributed by atoms with Gasteiger partial charge in [-0.15, -0.1) is 0 Å². The van der Waals surface area contributed by atoms with Gasteiger partial charge in [0.25, 0.3) is 11.5 Å². The van der Waals surface area contributed by atoms with Crippen molar-refractivity contribution in [1.82, 2.24) is 24.7 Å². The summed E-state index contributed by atoms with van der Waals surface area (Å²) in [6.45, 7) is 0.0524. The lowest BCUT2D eigenvalue weighted by molar-refractivity contribution is -0.159. The van der Waals surface area contributed by atoms with Crippen molar-refractivity contribution < 1.29 is 28.6 Å². The fraction of sp³-hybridized carbons (Fsp3) is 0.435. The van der Waals surface area contributed by atoms with Crippen molar-refractivity contribution in [3.8, 4) is 5.75 Å². The molecule has 5 rings (SSSR count). The number of fused-ring (bicyclic) bond motifs is 2. The Kier molecular flexibility index (Phi) is 6.32. The van der Waals surface area contributed by atoms with Gasteiger partial charge in [0.2, 0.25) is 5.75 Å². The van der Waals surface area contributed by atoms with Crippen LogP contribution < -0.4 is 10.9 Å². The average Bonchev–Trinajstić information content (AvgIpc) is 3.11. The molecule has 3 aliphatic rings. The van der Waals surface area contributed by atoms with E-state index in [1.807, 2.05) is 0 Å². The first-order valence-corrected chi connectivity index (χ1v) is 11.0. The van der Waals surface area contributed by atoms with Crippen LogP contribution in [0.1, 0.15) is 34.7 Å². The minimum Gasteiger partial charge on any atom is -0.501 e. The van der Waals surface area contributed by atoms with Crippen molar-refractivity contribution in [2.75, 3.05) is 27.7 Å². The van der Waals surface area contributed by atoms with E-state index >= 15 is 0 Å². The predicted molar refractivity (Wildman–Crippen MR) is 120 cm³/mol. The second kappa shape index (κ2) is 9.10. The van der Waals surface area contributed by atoms with E-state index in [1.165, 1.54) is 54.9 Å². The normalized spacial score (nSPS) is 20.5. The number of likely N-dealkylation sites (N-methyl/N-ethyl adjacent to an activating group) is 2. The molecule has 0 spiro atoms. The fourth-order valence-electron chi connectivity index (χ4n) is 4.37. The smallest absolute Gasteiger partial charge is 0.312 e. The number of carbonyl (C=O) groups is 3. The maximum Gasteiger partial charge on any atom is 0.312 e. The van der Waals surface area contributed by atoms with Crippen LogP contribution in [0.5, 0.6) is 5.75 Å². The number of amides is 3. The molecule has 0 radical (unpaired) electrons. The number of carbonyl (C=O) groups excluding carboxylic acids is 3. The second-order valence-corrected chi connectivity index (χ2v) is 8.92. The highest BCUT2D eigenvalue weighted by molar-refractivity contribution is 6.34. The molecule has 0 aliphatic carbocycles. The van der Waals surface area contributed by atoms with E-state index in [9.17, 15) is 28.7 Å². The molecule has 35 heavy (non-hydrogen) atoms. The van der Waals surface area contributed by atoms with E-state index in [0.717, 1.165) is 4.90 Å². The van der Waals surface area contributed by atoms with Crippen molar-refractivity contribution in [3.05, 3.63) is 57.5 Å². The summed E-state index contributed by atoms with van der Waals surface area (Å²) in [5, 5.41) is 13.1. The van der Waals surface area contributed by atoms with E-state index in [2.05, 4.69) is 10.3 Å². The third kappa shape index (κ3) is 4.25. The lowest BCUT2D eigenvalue weighted by Gasteiger charge is -2.43. The summed E-state index contributed by atoms with van der Waals surface area (Å²) in [5.74, 6) is -3.60. The zero-order chi connectivity index (χ0) is 25.5. The Morgan fingerprint density at radius 1 is 1.23 bits per heavy atom. The van der Waals surface area contributed by atoms with Gasteiger partial charge < -0.3 is 25.0 Å². The SMILES string of the molecule is CN(C)C(=O)C(=O)N(C)[C@@]12CC[C@@H](Cn3c1nc(C(=O)NCc1ccc(F)cc1)c(O)c3=O)OC2. The van der Waals surface area contributed by atoms with Gasteiger partial charge in [-0.25, -0.2) is 9.37 Å². The van der Waals surface area contributed by atoms with Gasteiger partial charge in [0.05, 0.1) is 19.3 Å². The van der Waals surface area contributed by atoms with Gasteiger partial charge in [-0.3, -0.25) is 23.7 Å². The molecule has 2 aromatic rings. The lowest BCUT2D eigenvalue weighted by Crippen LogP contribution is -2.57. The third-order valence-electron chi connectivity index (χ3n) is 6.50. The van der Waals surface area contributed by atoms with Crippen LogP contribution in [0.25, 0.3) is 0 Å². The van der Waals surface area contributed by atoms with Crippen molar-refractivity contribution in [2.45, 2.75) is 37.6 Å². The summed E-state index contributed by atoms with van der Waals surface area (Å²) in [7, 11) is 4.32. The van der Waals surface area contributed by atoms with E-state index in [-0.39, 0.29) is 31.6 Å². The largest absolute Gasteiger partial charge is 0.501 e. The number of rotatable bonds is 4. The van der Waals surface area contributed by atoms with Gasteiger partial charge in [0.1, 0.15) is 17.2 Å². The molecule has 1 fully saturated rings. The molecule has 12 heteroatoms. The van der Waals surface area contributed by atoms with Crippen LogP contribution in [0.2, 0.25) is 0 Å². The van der Waals surface area contributed by atoms with Crippen molar-refractivity contribution in [1.29, 1.82) is 0 Å². The summed E-state index contributed by atoms with van der Waals surface area (Å²) in [4.78, 5) is 58.1. The van der Waals surface area contributed by atoms with Gasteiger partial charge in [-0.2, -0.15) is 0 Å². The highest BCUT2D eigenvalue weighted by Gasteiger charge is 2.51. The molecule has 4 heterocycles. The van der Waals surface area contributed by atoms with E-state index < -0.39 is 46.1 Å². The Morgan fingerprint density at radius 2 is 1.91 bits per heavy atom. The lowest BCUT2D eigenvalue weighted by atomic mass is 9.88. The number of ether oxygens (including phenoxy) is 1. The van der Waals surface area contributed by atoms with Crippen LogP contribution >= 0.6 is 0 Å². The number of hydrogen-bond donors (Lipinski definition) is 2. The minimum absolute atomic E-state index is 0.00467. The zero-order valence-corrected chi connectivity index (χ0v) is 19.6. The van der Waals surface area contributed by atoms with E-state index in [1.54, 1.807) is 0 Å². The van der Waals surface area contributed by atoms with Crippen molar-refractivity contribution in [2.24, 2.45) is 0 Å². The summed E-state index contributed by atoms with van der Waals surface area (Å²) < 4.78 is 20.2. The number of aromatic hydroxyl groups is 1. The topological polar surface area (TPSA) is 134 Å². The number of benzene rings is 1. The standard InChI is InChI=1S/C23H26FN5O6/c1-27(2)20(33)21(34)28(3)23-9-8-15(35-12-23)11-29-19(32)17(30)16(26-22(23)29)18(31)25-10-13-4-6-14(24)7-5-13/h4-7,15,30H,8-12H2,1-3H3,(H,25,31)/t15-,23+/m0/s1. The van der Waals surface area contributed by atoms with Gasteiger partial charge in [-0.1, -0.05) is 12.1 Å². The molecule has 2 bridgehead atoms. The Bertz CT molecular complexity index is 1230. The van der Waals surface area contributed by atoms with Crippen LogP contribution in [-0.2, 0) is 33.0 Å². The number of aromatic nitrogens is 2. The van der Waals surface area contributed by atoms with Gasteiger partial charge in [-0.05, 0) is 30.5 Å². The second-order valence-electron chi connectivity index (χ2n) is 8.92. The fourth-order valence-corrected chi connectivity index (χ4v) is 4.37. The zero-order valence-electron chi connectivity index (χ0n) is 19.6. The first-order chi connectivity index (χ1) is 16.5. The molecular weight excluding hydrogens is 461 g/mol. The Morgan fingerprint density at radius 3 is 2.51 bits per heavy atom. The number of nitrogens with one attached hydrogen (secondary N) is 1. The average molecular weight is 487 g/mol. The monoisotopic (exact) mass is 487 g/mol. The number of hydrogen-bond acceptors (Lipinski definition) is 7. The summed E-state index contributed by atoms with van der Waals surface area (Å²) in [6, 6.07) is 5.46. The first-order valence-electron chi connectivity index (χ1n) is 11.0. The van der Waals surface area contributed by atoms with Gasteiger partial charge in [0, 0.05) is 27.7 Å². The van der Waals surface area contributed by atoms with Gasteiger partial charge >= 0.3 is 11.8 Å². The maximum atomic E-state index is 13.1. The van der Waals surface area contributed by atoms with Crippen molar-refractivity contribution in [3.63, 3.8) is 0 Å². The molecule has 1 saturated heterocycles. The number of nitrogens with zero attached hydrogens (tertiary/aromatic N) is 4. The Labute approximate surface area is 200 Å². The molecule has 3 aliphatic heterocycles. The van der Waals surface area contributed by atoms with E-state index in [4.69, 9.17) is 4.74 Å². The molecule has 2 N–H and O–H groups in total. The highest BCUT2D eigenvalue weighted by Crippen LogP contribution is 2.40. The first kappa shape index (κ1) is 24.3. The molecular formula is C23H26FN5O6. The third-order valence-corrected chi connectivity index (χ3v) is 6.50. The van der Waals surface area contributed by atoms with Crippen molar-refractivity contribution >= 4 is 17.7 Å². The molecule has 0 unspecified atom stereocenters. The molecule has 11 nitrogen and oxygen atoms in total. The molecule has 1 aromatic carbocycles. The Balaban J connectivity index is 1.74. The van der Waals surface area contributed by atoms with Crippen LogP contribution in [0.15, 0.2) is 29.1 Å². The van der Waals surface area contributed by atoms with Crippen LogP contribution in [-0.4, -0.2) is 76.0 Å². The number of halogens is 1. The summed E-state index contributed by atoms with van der Waals surface area (Å²) >= 11 is 0. The van der Waals surface area contributed by atoms with Crippen LogP contribution in [0.4, 0.5) is 4.39 Å².